The van der Waals surface area contributed by atoms with Crippen LogP contribution in [0.5, 0.6) is 0 Å². The number of nitrogens with one attached hydrogen (secondary N) is 1. The number of amides is 1. The van der Waals surface area contributed by atoms with Crippen molar-refractivity contribution >= 4 is 17.4 Å². The van der Waals surface area contributed by atoms with Crippen molar-refractivity contribution in [1.29, 1.82) is 0 Å². The highest BCUT2D eigenvalue weighted by Crippen LogP contribution is 2.09. The first-order valence-electron chi connectivity index (χ1n) is 5.90. The van der Waals surface area contributed by atoms with Crippen molar-refractivity contribution in [2.45, 2.75) is 6.92 Å². The van der Waals surface area contributed by atoms with E-state index in [9.17, 15) is 4.79 Å². The fourth-order valence-electron chi connectivity index (χ4n) is 1.83. The quantitative estimate of drug-likeness (QED) is 0.761. The molecule has 3 rings (SSSR count). The van der Waals surface area contributed by atoms with Crippen LogP contribution < -0.4 is 5.32 Å². The molecule has 5 heteroatoms. The van der Waals surface area contributed by atoms with Gasteiger partial charge in [-0.25, -0.2) is 9.97 Å². The van der Waals surface area contributed by atoms with Gasteiger partial charge in [0.25, 0.3) is 5.91 Å². The van der Waals surface area contributed by atoms with E-state index in [0.29, 0.717) is 11.5 Å². The summed E-state index contributed by atoms with van der Waals surface area (Å²) in [6, 6.07) is 9.19. The highest BCUT2D eigenvalue weighted by Gasteiger charge is 2.11. The van der Waals surface area contributed by atoms with Crippen LogP contribution in [0.1, 0.15) is 16.1 Å². The highest BCUT2D eigenvalue weighted by molar-refractivity contribution is 6.02. The summed E-state index contributed by atoms with van der Waals surface area (Å²) in [5, 5.41) is 2.71. The summed E-state index contributed by atoms with van der Waals surface area (Å²) in [5.41, 5.74) is 2.23. The minimum absolute atomic E-state index is 0.264. The first-order valence-corrected chi connectivity index (χ1v) is 5.90. The first kappa shape index (κ1) is 11.4. The van der Waals surface area contributed by atoms with Crippen LogP contribution in [0.25, 0.3) is 5.65 Å². The Kier molecular flexibility index (Phi) is 2.72. The molecule has 0 spiro atoms. The molecule has 5 nitrogen and oxygen atoms in total. The second-order valence-corrected chi connectivity index (χ2v) is 4.27. The van der Waals surface area contributed by atoms with Crippen LogP contribution in [0.4, 0.5) is 5.82 Å². The van der Waals surface area contributed by atoms with Crippen LogP contribution >= 0.6 is 0 Å². The molecule has 1 amide bonds. The normalized spacial score (nSPS) is 10.6. The van der Waals surface area contributed by atoms with Gasteiger partial charge in [-0.1, -0.05) is 12.1 Å². The Bertz CT molecular complexity index is 734. The van der Waals surface area contributed by atoms with Crippen molar-refractivity contribution < 1.29 is 4.79 Å². The maximum absolute atomic E-state index is 12.0. The smallest absolute Gasteiger partial charge is 0.277 e. The number of anilines is 1. The minimum Gasteiger partial charge on any atom is -0.306 e. The number of carbonyl (C=O) groups excluding carboxylic acids is 1. The minimum atomic E-state index is -0.264. The number of rotatable bonds is 2. The number of imidazole rings is 1. The summed E-state index contributed by atoms with van der Waals surface area (Å²) in [6.45, 7) is 1.99. The lowest BCUT2D eigenvalue weighted by molar-refractivity contribution is 0.102. The third-order valence-electron chi connectivity index (χ3n) is 2.74. The number of aryl methyl sites for hydroxylation is 1. The maximum Gasteiger partial charge on any atom is 0.277 e. The zero-order chi connectivity index (χ0) is 13.2. The number of fused-ring (bicyclic) bond motifs is 1. The Balaban J connectivity index is 1.89. The fraction of sp³-hybridized carbons (Fsp3) is 0.0714. The van der Waals surface area contributed by atoms with Crippen molar-refractivity contribution in [3.05, 3.63) is 60.2 Å². The fourth-order valence-corrected chi connectivity index (χ4v) is 1.83. The third-order valence-corrected chi connectivity index (χ3v) is 2.74. The molecule has 0 radical (unpaired) electrons. The molecule has 3 heterocycles. The maximum atomic E-state index is 12.0. The van der Waals surface area contributed by atoms with Gasteiger partial charge in [0.15, 0.2) is 0 Å². The number of pyridine rings is 2. The summed E-state index contributed by atoms with van der Waals surface area (Å²) in [4.78, 5) is 20.4. The molecule has 0 fully saturated rings. The van der Waals surface area contributed by atoms with Gasteiger partial charge in [-0.15, -0.1) is 0 Å². The SMILES string of the molecule is Cc1ccc2nc(C(=O)Nc3ccccn3)cn2c1. The largest absolute Gasteiger partial charge is 0.306 e. The lowest BCUT2D eigenvalue weighted by Gasteiger charge is -2.00. The van der Waals surface area contributed by atoms with Crippen molar-refractivity contribution in [1.82, 2.24) is 14.4 Å². The monoisotopic (exact) mass is 252 g/mol. The molecule has 3 aromatic heterocycles. The Labute approximate surface area is 109 Å². The first-order chi connectivity index (χ1) is 9.22. The molecule has 0 aliphatic carbocycles. The molecule has 94 valence electrons. The van der Waals surface area contributed by atoms with Gasteiger partial charge in [0.1, 0.15) is 17.2 Å². The average molecular weight is 252 g/mol. The van der Waals surface area contributed by atoms with Gasteiger partial charge in [0.05, 0.1) is 0 Å². The van der Waals surface area contributed by atoms with Gasteiger partial charge in [-0.3, -0.25) is 4.79 Å². The van der Waals surface area contributed by atoms with Gasteiger partial charge in [-0.05, 0) is 30.7 Å². The summed E-state index contributed by atoms with van der Waals surface area (Å²) >= 11 is 0. The highest BCUT2D eigenvalue weighted by atomic mass is 16.2. The molecular formula is C14H12N4O. The number of carbonyl (C=O) groups is 1. The van der Waals surface area contributed by atoms with Crippen molar-refractivity contribution in [2.75, 3.05) is 5.32 Å². The van der Waals surface area contributed by atoms with E-state index in [1.54, 1.807) is 24.5 Å². The van der Waals surface area contributed by atoms with Gasteiger partial charge in [0, 0.05) is 18.6 Å². The van der Waals surface area contributed by atoms with Gasteiger partial charge >= 0.3 is 0 Å². The lowest BCUT2D eigenvalue weighted by atomic mass is 10.3. The molecule has 1 N–H and O–H groups in total. The van der Waals surface area contributed by atoms with Crippen LogP contribution in [-0.2, 0) is 0 Å². The zero-order valence-corrected chi connectivity index (χ0v) is 10.4. The van der Waals surface area contributed by atoms with Crippen molar-refractivity contribution in [3.8, 4) is 0 Å². The molecule has 0 atom stereocenters. The van der Waals surface area contributed by atoms with Crippen LogP contribution in [-0.4, -0.2) is 20.3 Å². The molecule has 0 saturated carbocycles. The van der Waals surface area contributed by atoms with Crippen molar-refractivity contribution in [3.63, 3.8) is 0 Å². The van der Waals surface area contributed by atoms with Crippen LogP contribution in [0.15, 0.2) is 48.9 Å². The molecule has 0 saturated heterocycles. The molecule has 0 bridgehead atoms. The van der Waals surface area contributed by atoms with E-state index in [2.05, 4.69) is 15.3 Å². The molecule has 0 aromatic carbocycles. The third kappa shape index (κ3) is 2.30. The van der Waals surface area contributed by atoms with Gasteiger partial charge in [-0.2, -0.15) is 0 Å². The van der Waals surface area contributed by atoms with Gasteiger partial charge in [0.2, 0.25) is 0 Å². The van der Waals surface area contributed by atoms with E-state index >= 15 is 0 Å². The Morgan fingerprint density at radius 2 is 2.11 bits per heavy atom. The van der Waals surface area contributed by atoms with Crippen LogP contribution in [0.2, 0.25) is 0 Å². The van der Waals surface area contributed by atoms with E-state index in [-0.39, 0.29) is 5.91 Å². The number of aromatic nitrogens is 3. The Morgan fingerprint density at radius 1 is 1.21 bits per heavy atom. The summed E-state index contributed by atoms with van der Waals surface area (Å²) < 4.78 is 1.84. The molecule has 0 aliphatic rings. The summed E-state index contributed by atoms with van der Waals surface area (Å²) in [7, 11) is 0. The van der Waals surface area contributed by atoms with Crippen LogP contribution in [0, 0.1) is 6.92 Å². The molecule has 19 heavy (non-hydrogen) atoms. The van der Waals surface area contributed by atoms with E-state index in [4.69, 9.17) is 0 Å². The van der Waals surface area contributed by atoms with Gasteiger partial charge < -0.3 is 9.72 Å². The second kappa shape index (κ2) is 4.53. The number of hydrogen-bond acceptors (Lipinski definition) is 3. The Morgan fingerprint density at radius 3 is 2.89 bits per heavy atom. The van der Waals surface area contributed by atoms with E-state index in [0.717, 1.165) is 11.2 Å². The second-order valence-electron chi connectivity index (χ2n) is 4.27. The predicted octanol–water partition coefficient (Wildman–Crippen LogP) is 2.29. The Hall–Kier alpha value is -2.69. The van der Waals surface area contributed by atoms with E-state index < -0.39 is 0 Å². The van der Waals surface area contributed by atoms with Crippen LogP contribution in [0.3, 0.4) is 0 Å². The average Bonchev–Trinajstić information content (AvgIpc) is 2.83. The van der Waals surface area contributed by atoms with Crippen molar-refractivity contribution in [2.24, 2.45) is 0 Å². The topological polar surface area (TPSA) is 59.3 Å². The molecule has 0 aliphatic heterocycles. The number of nitrogens with zero attached hydrogens (tertiary/aromatic N) is 3. The standard InChI is InChI=1S/C14H12N4O/c1-10-5-6-13-16-11(9-18(13)8-10)14(19)17-12-4-2-3-7-15-12/h2-9H,1H3,(H,15,17,19). The predicted molar refractivity (Wildman–Crippen MR) is 72.1 cm³/mol. The summed E-state index contributed by atoms with van der Waals surface area (Å²) in [5.74, 6) is 0.251. The molecule has 0 unspecified atom stereocenters. The molecular weight excluding hydrogens is 240 g/mol. The zero-order valence-electron chi connectivity index (χ0n) is 10.4. The molecule has 3 aromatic rings. The van der Waals surface area contributed by atoms with E-state index in [1.807, 2.05) is 35.7 Å². The summed E-state index contributed by atoms with van der Waals surface area (Å²) in [6.07, 6.45) is 5.27. The number of hydrogen-bond donors (Lipinski definition) is 1. The lowest BCUT2D eigenvalue weighted by Crippen LogP contribution is -2.13. The van der Waals surface area contributed by atoms with E-state index in [1.165, 1.54) is 0 Å².